The lowest BCUT2D eigenvalue weighted by atomic mass is 9.70. The van der Waals surface area contributed by atoms with Crippen molar-refractivity contribution in [1.29, 1.82) is 0 Å². The fourth-order valence-corrected chi connectivity index (χ4v) is 3.42. The molecule has 0 aliphatic carbocycles. The number of halogens is 1. The maximum atomic E-state index is 12.6. The molecule has 2 aromatic rings. The number of rotatable bonds is 2. The second kappa shape index (κ2) is 5.13. The van der Waals surface area contributed by atoms with Crippen LogP contribution in [-0.4, -0.2) is 11.0 Å². The van der Waals surface area contributed by atoms with E-state index in [1.807, 2.05) is 51.1 Å². The molecule has 0 spiro atoms. The molecule has 0 saturated carbocycles. The van der Waals surface area contributed by atoms with E-state index >= 15 is 0 Å². The summed E-state index contributed by atoms with van der Waals surface area (Å²) in [5.41, 5.74) is 2.24. The zero-order chi connectivity index (χ0) is 16.1. The van der Waals surface area contributed by atoms with Crippen LogP contribution >= 0.6 is 15.9 Å². The lowest BCUT2D eigenvalue weighted by Crippen LogP contribution is -2.61. The number of aromatic hydroxyl groups is 1. The van der Waals surface area contributed by atoms with Gasteiger partial charge in [0.2, 0.25) is 5.91 Å². The van der Waals surface area contributed by atoms with Gasteiger partial charge >= 0.3 is 0 Å². The first-order chi connectivity index (χ1) is 10.3. The monoisotopic (exact) mass is 359 g/mol. The minimum atomic E-state index is -0.539. The topological polar surface area (TPSA) is 40.5 Å². The van der Waals surface area contributed by atoms with Crippen LogP contribution in [0.15, 0.2) is 46.9 Å². The van der Waals surface area contributed by atoms with Gasteiger partial charge in [-0.1, -0.05) is 33.6 Å². The molecule has 114 valence electrons. The Morgan fingerprint density at radius 2 is 1.77 bits per heavy atom. The zero-order valence-corrected chi connectivity index (χ0v) is 14.4. The van der Waals surface area contributed by atoms with Gasteiger partial charge in [0.25, 0.3) is 0 Å². The van der Waals surface area contributed by atoms with Gasteiger partial charge in [0.05, 0.1) is 11.5 Å². The number of amides is 1. The third-order valence-electron chi connectivity index (χ3n) is 4.31. The number of carbonyl (C=O) groups excluding carboxylic acids is 1. The highest BCUT2D eigenvalue weighted by Gasteiger charge is 2.56. The Kier molecular flexibility index (Phi) is 3.52. The second-order valence-electron chi connectivity index (χ2n) is 6.34. The Balaban J connectivity index is 2.08. The average Bonchev–Trinajstić information content (AvgIpc) is 2.48. The molecule has 1 heterocycles. The quantitative estimate of drug-likeness (QED) is 0.797. The smallest absolute Gasteiger partial charge is 0.235 e. The van der Waals surface area contributed by atoms with Gasteiger partial charge in [0.1, 0.15) is 5.75 Å². The molecule has 4 heteroatoms. The molecule has 1 fully saturated rings. The van der Waals surface area contributed by atoms with Crippen LogP contribution in [0.5, 0.6) is 5.75 Å². The Morgan fingerprint density at radius 3 is 2.41 bits per heavy atom. The minimum absolute atomic E-state index is 0.0701. The zero-order valence-electron chi connectivity index (χ0n) is 12.8. The van der Waals surface area contributed by atoms with E-state index in [4.69, 9.17) is 0 Å². The van der Waals surface area contributed by atoms with Crippen LogP contribution in [0.1, 0.15) is 31.0 Å². The van der Waals surface area contributed by atoms with E-state index in [1.54, 1.807) is 17.0 Å². The van der Waals surface area contributed by atoms with Crippen LogP contribution in [0.25, 0.3) is 0 Å². The van der Waals surface area contributed by atoms with Crippen LogP contribution in [0.3, 0.4) is 0 Å². The third-order valence-corrected chi connectivity index (χ3v) is 4.80. The maximum absolute atomic E-state index is 12.6. The van der Waals surface area contributed by atoms with Gasteiger partial charge < -0.3 is 10.0 Å². The Bertz CT molecular complexity index is 737. The number of carbonyl (C=O) groups is 1. The fraction of sp³-hybridized carbons (Fsp3) is 0.278. The van der Waals surface area contributed by atoms with Crippen molar-refractivity contribution in [2.45, 2.75) is 26.8 Å². The molecule has 1 N–H and O–H groups in total. The molecule has 3 nitrogen and oxygen atoms in total. The van der Waals surface area contributed by atoms with E-state index in [0.29, 0.717) is 0 Å². The molecule has 3 rings (SSSR count). The number of anilines is 1. The normalized spacial score (nSPS) is 19.9. The number of hydrogen-bond acceptors (Lipinski definition) is 2. The number of hydrogen-bond donors (Lipinski definition) is 1. The lowest BCUT2D eigenvalue weighted by Gasteiger charge is -2.53. The van der Waals surface area contributed by atoms with Gasteiger partial charge in [0.15, 0.2) is 0 Å². The molecule has 0 unspecified atom stereocenters. The predicted molar refractivity (Wildman–Crippen MR) is 91.0 cm³/mol. The summed E-state index contributed by atoms with van der Waals surface area (Å²) in [6, 6.07) is 13.0. The van der Waals surface area contributed by atoms with Crippen molar-refractivity contribution >= 4 is 27.5 Å². The number of phenols is 1. The van der Waals surface area contributed by atoms with Crippen LogP contribution in [0.4, 0.5) is 5.69 Å². The molecular weight excluding hydrogens is 342 g/mol. The molecule has 0 bridgehead atoms. The van der Waals surface area contributed by atoms with Gasteiger partial charge in [-0.25, -0.2) is 0 Å². The highest BCUT2D eigenvalue weighted by molar-refractivity contribution is 9.10. The fourth-order valence-electron chi connectivity index (χ4n) is 3.05. The Labute approximate surface area is 138 Å². The van der Waals surface area contributed by atoms with Crippen molar-refractivity contribution in [3.8, 4) is 5.75 Å². The van der Waals surface area contributed by atoms with E-state index in [-0.39, 0.29) is 17.7 Å². The van der Waals surface area contributed by atoms with Crippen molar-refractivity contribution in [3.63, 3.8) is 0 Å². The first-order valence-corrected chi connectivity index (χ1v) is 8.00. The number of benzene rings is 2. The average molecular weight is 360 g/mol. The van der Waals surface area contributed by atoms with Crippen molar-refractivity contribution in [2.75, 3.05) is 4.90 Å². The summed E-state index contributed by atoms with van der Waals surface area (Å²) in [6.07, 6.45) is 0. The van der Waals surface area contributed by atoms with Gasteiger partial charge in [0, 0.05) is 15.7 Å². The third kappa shape index (κ3) is 2.22. The summed E-state index contributed by atoms with van der Waals surface area (Å²) in [6.45, 7) is 5.86. The summed E-state index contributed by atoms with van der Waals surface area (Å²) >= 11 is 3.44. The number of phenolic OH excluding ortho intramolecular Hbond substituents is 1. The minimum Gasteiger partial charge on any atom is -0.508 e. The van der Waals surface area contributed by atoms with E-state index < -0.39 is 5.41 Å². The molecule has 0 radical (unpaired) electrons. The summed E-state index contributed by atoms with van der Waals surface area (Å²) in [4.78, 5) is 14.3. The molecule has 1 atom stereocenters. The van der Waals surface area contributed by atoms with Gasteiger partial charge in [-0.3, -0.25) is 4.79 Å². The molecule has 1 aliphatic heterocycles. The Hall–Kier alpha value is -1.81. The molecule has 2 aromatic carbocycles. The summed E-state index contributed by atoms with van der Waals surface area (Å²) in [7, 11) is 0. The van der Waals surface area contributed by atoms with Crippen LogP contribution in [0.2, 0.25) is 0 Å². The van der Waals surface area contributed by atoms with Crippen LogP contribution < -0.4 is 4.90 Å². The number of aryl methyl sites for hydroxylation is 1. The molecule has 1 amide bonds. The highest BCUT2D eigenvalue weighted by atomic mass is 79.9. The summed E-state index contributed by atoms with van der Waals surface area (Å²) in [5.74, 6) is 0.284. The SMILES string of the molecule is Cc1ccc(N2C(=O)C(C)(C)[C@@H]2c2cc(Br)ccc2O)cc1. The molecule has 22 heavy (non-hydrogen) atoms. The summed E-state index contributed by atoms with van der Waals surface area (Å²) in [5, 5.41) is 10.2. The molecule has 1 saturated heterocycles. The van der Waals surface area contributed by atoms with E-state index in [2.05, 4.69) is 15.9 Å². The molecular formula is C18H18BrNO2. The van der Waals surface area contributed by atoms with Gasteiger partial charge in [-0.2, -0.15) is 0 Å². The van der Waals surface area contributed by atoms with Crippen LogP contribution in [0, 0.1) is 12.3 Å². The highest BCUT2D eigenvalue weighted by Crippen LogP contribution is 2.53. The van der Waals surface area contributed by atoms with Crippen LogP contribution in [-0.2, 0) is 4.79 Å². The van der Waals surface area contributed by atoms with E-state index in [1.165, 1.54) is 0 Å². The van der Waals surface area contributed by atoms with E-state index in [9.17, 15) is 9.90 Å². The number of β-lactam (4-membered cyclic amide) rings is 1. The first-order valence-electron chi connectivity index (χ1n) is 7.21. The largest absolute Gasteiger partial charge is 0.508 e. The van der Waals surface area contributed by atoms with Crippen molar-refractivity contribution in [3.05, 3.63) is 58.1 Å². The second-order valence-corrected chi connectivity index (χ2v) is 7.25. The lowest BCUT2D eigenvalue weighted by molar-refractivity contribution is -0.137. The van der Waals surface area contributed by atoms with E-state index in [0.717, 1.165) is 21.3 Å². The summed E-state index contributed by atoms with van der Waals surface area (Å²) < 4.78 is 0.888. The number of nitrogens with zero attached hydrogens (tertiary/aromatic N) is 1. The Morgan fingerprint density at radius 1 is 1.14 bits per heavy atom. The molecule has 1 aliphatic rings. The maximum Gasteiger partial charge on any atom is 0.235 e. The van der Waals surface area contributed by atoms with Crippen molar-refractivity contribution in [2.24, 2.45) is 5.41 Å². The van der Waals surface area contributed by atoms with Gasteiger partial charge in [-0.05, 0) is 51.1 Å². The standard InChI is InChI=1S/C18H18BrNO2/c1-11-4-7-13(8-5-11)20-16(18(2,3)17(20)22)14-10-12(19)6-9-15(14)21/h4-10,16,21H,1-3H3/t16-/m0/s1. The predicted octanol–water partition coefficient (Wildman–Crippen LogP) is 4.58. The molecule has 0 aromatic heterocycles. The first kappa shape index (κ1) is 15.1. The van der Waals surface area contributed by atoms with Gasteiger partial charge in [-0.15, -0.1) is 0 Å². The van der Waals surface area contributed by atoms with Crippen molar-refractivity contribution in [1.82, 2.24) is 0 Å². The van der Waals surface area contributed by atoms with Crippen molar-refractivity contribution < 1.29 is 9.90 Å².